The summed E-state index contributed by atoms with van der Waals surface area (Å²) in [5.41, 5.74) is 2.26. The quantitative estimate of drug-likeness (QED) is 0.793. The first kappa shape index (κ1) is 15.6. The van der Waals surface area contributed by atoms with Gasteiger partial charge in [-0.2, -0.15) is 0 Å². The Morgan fingerprint density at radius 2 is 1.96 bits per heavy atom. The Bertz CT molecular complexity index is 699. The zero-order valence-corrected chi connectivity index (χ0v) is 13.0. The number of aliphatic carboxylic acids is 1. The van der Waals surface area contributed by atoms with Crippen molar-refractivity contribution in [3.05, 3.63) is 36.0 Å². The first-order chi connectivity index (χ1) is 11.1. The van der Waals surface area contributed by atoms with Crippen LogP contribution in [-0.2, 0) is 16.0 Å². The summed E-state index contributed by atoms with van der Waals surface area (Å²) in [5, 5.41) is 13.2. The highest BCUT2D eigenvalue weighted by molar-refractivity contribution is 5.80. The Balaban J connectivity index is 1.45. The molecule has 0 bridgehead atoms. The average molecular weight is 314 g/mol. The zero-order chi connectivity index (χ0) is 16.2. The summed E-state index contributed by atoms with van der Waals surface area (Å²) < 4.78 is 0. The van der Waals surface area contributed by atoms with Crippen LogP contribution in [0.15, 0.2) is 30.5 Å². The highest BCUT2D eigenvalue weighted by Gasteiger charge is 2.26. The van der Waals surface area contributed by atoms with Crippen LogP contribution >= 0.6 is 0 Å². The van der Waals surface area contributed by atoms with E-state index in [2.05, 4.69) is 16.4 Å². The number of carbonyl (C=O) groups excluding carboxylic acids is 1. The van der Waals surface area contributed by atoms with E-state index >= 15 is 0 Å². The molecule has 1 amide bonds. The number of fused-ring (bicyclic) bond motifs is 1. The molecule has 1 aliphatic rings. The fraction of sp³-hybridized carbons (Fsp3) is 0.444. The van der Waals surface area contributed by atoms with E-state index in [4.69, 9.17) is 5.11 Å². The lowest BCUT2D eigenvalue weighted by Crippen LogP contribution is -2.38. The van der Waals surface area contributed by atoms with Gasteiger partial charge < -0.3 is 15.4 Å². The van der Waals surface area contributed by atoms with Gasteiger partial charge in [0.1, 0.15) is 0 Å². The zero-order valence-electron chi connectivity index (χ0n) is 13.0. The average Bonchev–Trinajstić information content (AvgIpc) is 3.01. The van der Waals surface area contributed by atoms with E-state index in [0.717, 1.165) is 35.7 Å². The van der Waals surface area contributed by atoms with Gasteiger partial charge in [0.25, 0.3) is 0 Å². The number of rotatable bonds is 5. The van der Waals surface area contributed by atoms with Crippen LogP contribution in [0.3, 0.4) is 0 Å². The van der Waals surface area contributed by atoms with Gasteiger partial charge in [0.05, 0.1) is 5.92 Å². The van der Waals surface area contributed by atoms with Gasteiger partial charge in [0.2, 0.25) is 5.91 Å². The van der Waals surface area contributed by atoms with Crippen molar-refractivity contribution in [3.8, 4) is 0 Å². The van der Waals surface area contributed by atoms with Crippen LogP contribution in [0.4, 0.5) is 0 Å². The number of hydrogen-bond donors (Lipinski definition) is 3. The van der Waals surface area contributed by atoms with Gasteiger partial charge in [0, 0.05) is 24.2 Å². The molecule has 0 atom stereocenters. The van der Waals surface area contributed by atoms with Crippen LogP contribution < -0.4 is 5.32 Å². The second-order valence-corrected chi connectivity index (χ2v) is 6.35. The molecule has 0 aliphatic heterocycles. The molecule has 5 heteroatoms. The molecule has 1 saturated carbocycles. The number of carboxylic acids is 1. The van der Waals surface area contributed by atoms with Crippen molar-refractivity contribution in [2.24, 2.45) is 5.92 Å². The normalized spacial score (nSPS) is 21.2. The first-order valence-corrected chi connectivity index (χ1v) is 8.20. The van der Waals surface area contributed by atoms with Crippen molar-refractivity contribution >= 4 is 22.8 Å². The lowest BCUT2D eigenvalue weighted by Gasteiger charge is -2.26. The van der Waals surface area contributed by atoms with Gasteiger partial charge in [-0.3, -0.25) is 9.59 Å². The molecule has 122 valence electrons. The molecule has 5 nitrogen and oxygen atoms in total. The van der Waals surface area contributed by atoms with Crippen LogP contribution in [0.25, 0.3) is 10.9 Å². The van der Waals surface area contributed by atoms with Crippen molar-refractivity contribution < 1.29 is 14.7 Å². The van der Waals surface area contributed by atoms with Crippen LogP contribution in [0, 0.1) is 5.92 Å². The number of H-pyrrole nitrogens is 1. The Morgan fingerprint density at radius 3 is 2.70 bits per heavy atom. The molecule has 1 heterocycles. The molecule has 1 aromatic carbocycles. The minimum Gasteiger partial charge on any atom is -0.481 e. The fourth-order valence-corrected chi connectivity index (χ4v) is 3.30. The smallest absolute Gasteiger partial charge is 0.306 e. The molecule has 3 N–H and O–H groups in total. The Labute approximate surface area is 135 Å². The number of carboxylic acid groups (broad SMARTS) is 1. The number of hydrogen-bond acceptors (Lipinski definition) is 2. The third kappa shape index (κ3) is 3.92. The van der Waals surface area contributed by atoms with E-state index in [1.807, 2.05) is 24.4 Å². The Morgan fingerprint density at radius 1 is 1.17 bits per heavy atom. The molecular weight excluding hydrogens is 292 g/mol. The summed E-state index contributed by atoms with van der Waals surface area (Å²) >= 11 is 0. The minimum atomic E-state index is -0.713. The molecular formula is C18H22N2O3. The summed E-state index contributed by atoms with van der Waals surface area (Å²) in [5.74, 6) is -0.899. The molecule has 1 aromatic heterocycles. The number of aromatic nitrogens is 1. The molecule has 23 heavy (non-hydrogen) atoms. The summed E-state index contributed by atoms with van der Waals surface area (Å²) in [6.07, 6.45) is 5.94. The van der Waals surface area contributed by atoms with Crippen molar-refractivity contribution in [1.29, 1.82) is 0 Å². The largest absolute Gasteiger partial charge is 0.481 e. The summed E-state index contributed by atoms with van der Waals surface area (Å²) in [6, 6.07) is 8.35. The van der Waals surface area contributed by atoms with Gasteiger partial charge in [0.15, 0.2) is 0 Å². The molecule has 2 aromatic rings. The van der Waals surface area contributed by atoms with Crippen molar-refractivity contribution in [1.82, 2.24) is 10.3 Å². The SMILES string of the molecule is O=C(CCc1ccc2[nH]ccc2c1)NC1CCC(C(=O)O)CC1. The van der Waals surface area contributed by atoms with Crippen LogP contribution in [0.2, 0.25) is 0 Å². The highest BCUT2D eigenvalue weighted by Crippen LogP contribution is 2.24. The van der Waals surface area contributed by atoms with Gasteiger partial charge >= 0.3 is 5.97 Å². The van der Waals surface area contributed by atoms with Crippen molar-refractivity contribution in [2.75, 3.05) is 0 Å². The molecule has 3 rings (SSSR count). The van der Waals surface area contributed by atoms with Gasteiger partial charge in [-0.25, -0.2) is 0 Å². The Kier molecular flexibility index (Phi) is 4.65. The Hall–Kier alpha value is -2.30. The third-order valence-electron chi connectivity index (χ3n) is 4.70. The second-order valence-electron chi connectivity index (χ2n) is 6.35. The van der Waals surface area contributed by atoms with E-state index in [0.29, 0.717) is 19.3 Å². The van der Waals surface area contributed by atoms with Crippen LogP contribution in [0.1, 0.15) is 37.7 Å². The predicted octanol–water partition coefficient (Wildman–Crippen LogP) is 2.86. The van der Waals surface area contributed by atoms with Gasteiger partial charge in [-0.1, -0.05) is 6.07 Å². The number of aromatic amines is 1. The first-order valence-electron chi connectivity index (χ1n) is 8.20. The molecule has 0 radical (unpaired) electrons. The summed E-state index contributed by atoms with van der Waals surface area (Å²) in [6.45, 7) is 0. The molecule has 1 aliphatic carbocycles. The minimum absolute atomic E-state index is 0.0536. The third-order valence-corrected chi connectivity index (χ3v) is 4.70. The summed E-state index contributed by atoms with van der Waals surface area (Å²) in [7, 11) is 0. The molecule has 1 fully saturated rings. The van der Waals surface area contributed by atoms with Crippen LogP contribution in [-0.4, -0.2) is 28.0 Å². The van der Waals surface area contributed by atoms with E-state index in [1.165, 1.54) is 0 Å². The lowest BCUT2D eigenvalue weighted by molar-refractivity contribution is -0.142. The number of carbonyl (C=O) groups is 2. The van der Waals surface area contributed by atoms with E-state index in [1.54, 1.807) is 0 Å². The van der Waals surface area contributed by atoms with Gasteiger partial charge in [-0.05, 0) is 61.3 Å². The van der Waals surface area contributed by atoms with Gasteiger partial charge in [-0.15, -0.1) is 0 Å². The topological polar surface area (TPSA) is 82.2 Å². The number of amides is 1. The monoisotopic (exact) mass is 314 g/mol. The van der Waals surface area contributed by atoms with Crippen molar-refractivity contribution in [2.45, 2.75) is 44.6 Å². The van der Waals surface area contributed by atoms with Crippen LogP contribution in [0.5, 0.6) is 0 Å². The molecule has 0 saturated heterocycles. The molecule has 0 unspecified atom stereocenters. The molecule has 0 spiro atoms. The fourth-order valence-electron chi connectivity index (χ4n) is 3.30. The maximum absolute atomic E-state index is 12.1. The highest BCUT2D eigenvalue weighted by atomic mass is 16.4. The second kappa shape index (κ2) is 6.86. The predicted molar refractivity (Wildman–Crippen MR) is 88.1 cm³/mol. The maximum atomic E-state index is 12.1. The van der Waals surface area contributed by atoms with Crippen molar-refractivity contribution in [3.63, 3.8) is 0 Å². The number of aryl methyl sites for hydroxylation is 1. The standard InChI is InChI=1S/C18H22N2O3/c21-17(20-15-5-3-13(4-6-15)18(22)23)8-2-12-1-7-16-14(11-12)9-10-19-16/h1,7,9-11,13,15,19H,2-6,8H2,(H,20,21)(H,22,23). The van der Waals surface area contributed by atoms with E-state index < -0.39 is 5.97 Å². The van der Waals surface area contributed by atoms with E-state index in [9.17, 15) is 9.59 Å². The lowest BCUT2D eigenvalue weighted by atomic mass is 9.86. The summed E-state index contributed by atoms with van der Waals surface area (Å²) in [4.78, 5) is 26.2. The van der Waals surface area contributed by atoms with E-state index in [-0.39, 0.29) is 17.9 Å². The maximum Gasteiger partial charge on any atom is 0.306 e. The number of nitrogens with one attached hydrogen (secondary N) is 2. The number of benzene rings is 1.